The molecule has 0 aromatic heterocycles. The predicted octanol–water partition coefficient (Wildman–Crippen LogP) is 0.796. The molecule has 3 unspecified atom stereocenters. The first-order chi connectivity index (χ1) is 6.61. The van der Waals surface area contributed by atoms with Crippen molar-refractivity contribution in [2.75, 3.05) is 19.6 Å². The molecule has 0 bridgehead atoms. The monoisotopic (exact) mass is 199 g/mol. The van der Waals surface area contributed by atoms with Gasteiger partial charge in [0.05, 0.1) is 0 Å². The number of hydrogen-bond donors (Lipinski definition) is 2. The molecule has 1 fully saturated rings. The molecule has 0 saturated carbocycles. The molecule has 0 aliphatic carbocycles. The van der Waals surface area contributed by atoms with Crippen molar-refractivity contribution in [3.05, 3.63) is 0 Å². The van der Waals surface area contributed by atoms with Gasteiger partial charge in [0.2, 0.25) is 0 Å². The Morgan fingerprint density at radius 2 is 1.93 bits per heavy atom. The van der Waals surface area contributed by atoms with Crippen molar-refractivity contribution in [3.63, 3.8) is 0 Å². The summed E-state index contributed by atoms with van der Waals surface area (Å²) in [5.74, 6) is 0. The normalized spacial score (nSPS) is 31.7. The highest BCUT2D eigenvalue weighted by Gasteiger charge is 2.21. The van der Waals surface area contributed by atoms with Crippen LogP contribution in [-0.4, -0.2) is 42.7 Å². The zero-order chi connectivity index (χ0) is 10.6. The standard InChI is InChI=1S/C11H25N3/c1-4-5-11(12)8-14-6-9(2)13-10(3)7-14/h9-11,13H,4-8,12H2,1-3H3. The maximum Gasteiger partial charge on any atom is 0.0169 e. The summed E-state index contributed by atoms with van der Waals surface area (Å²) in [4.78, 5) is 2.49. The lowest BCUT2D eigenvalue weighted by molar-refractivity contribution is 0.163. The molecule has 3 heteroatoms. The average Bonchev–Trinajstić information content (AvgIpc) is 2.01. The van der Waals surface area contributed by atoms with Crippen LogP contribution in [0.5, 0.6) is 0 Å². The summed E-state index contributed by atoms with van der Waals surface area (Å²) < 4.78 is 0. The molecule has 1 aliphatic rings. The summed E-state index contributed by atoms with van der Waals surface area (Å²) in [6, 6.07) is 1.57. The van der Waals surface area contributed by atoms with Crippen LogP contribution < -0.4 is 11.1 Å². The Bertz CT molecular complexity index is 151. The molecule has 1 heterocycles. The first kappa shape index (κ1) is 12.0. The second-order valence-corrected chi connectivity index (χ2v) is 4.74. The molecule has 1 rings (SSSR count). The Kier molecular flexibility index (Phi) is 4.85. The quantitative estimate of drug-likeness (QED) is 0.703. The molecular formula is C11H25N3. The van der Waals surface area contributed by atoms with Crippen LogP contribution in [0.25, 0.3) is 0 Å². The maximum absolute atomic E-state index is 6.04. The number of nitrogens with zero attached hydrogens (tertiary/aromatic N) is 1. The second kappa shape index (κ2) is 5.69. The first-order valence-electron chi connectivity index (χ1n) is 5.85. The van der Waals surface area contributed by atoms with E-state index in [1.807, 2.05) is 0 Å². The van der Waals surface area contributed by atoms with Gasteiger partial charge in [0.25, 0.3) is 0 Å². The summed E-state index contributed by atoms with van der Waals surface area (Å²) in [6.45, 7) is 10.0. The van der Waals surface area contributed by atoms with Crippen LogP contribution in [0.1, 0.15) is 33.6 Å². The lowest BCUT2D eigenvalue weighted by Crippen LogP contribution is -2.56. The van der Waals surface area contributed by atoms with Crippen LogP contribution in [0.3, 0.4) is 0 Å². The molecule has 1 saturated heterocycles. The molecule has 0 amide bonds. The summed E-state index contributed by atoms with van der Waals surface area (Å²) in [7, 11) is 0. The molecule has 3 N–H and O–H groups in total. The predicted molar refractivity (Wildman–Crippen MR) is 61.4 cm³/mol. The van der Waals surface area contributed by atoms with Gasteiger partial charge in [0.15, 0.2) is 0 Å². The largest absolute Gasteiger partial charge is 0.327 e. The minimum absolute atomic E-state index is 0.359. The van der Waals surface area contributed by atoms with E-state index >= 15 is 0 Å². The van der Waals surface area contributed by atoms with Gasteiger partial charge in [-0.3, -0.25) is 4.90 Å². The van der Waals surface area contributed by atoms with E-state index in [1.165, 1.54) is 6.42 Å². The molecule has 3 atom stereocenters. The highest BCUT2D eigenvalue weighted by atomic mass is 15.2. The summed E-state index contributed by atoms with van der Waals surface area (Å²) in [5, 5.41) is 3.53. The number of piperazine rings is 1. The second-order valence-electron chi connectivity index (χ2n) is 4.74. The zero-order valence-corrected chi connectivity index (χ0v) is 9.79. The van der Waals surface area contributed by atoms with E-state index in [1.54, 1.807) is 0 Å². The van der Waals surface area contributed by atoms with Gasteiger partial charge in [-0.1, -0.05) is 13.3 Å². The van der Waals surface area contributed by atoms with Crippen molar-refractivity contribution in [2.45, 2.75) is 51.7 Å². The molecule has 0 aromatic carbocycles. The van der Waals surface area contributed by atoms with Gasteiger partial charge in [0.1, 0.15) is 0 Å². The van der Waals surface area contributed by atoms with Gasteiger partial charge < -0.3 is 11.1 Å². The third-order valence-electron chi connectivity index (χ3n) is 2.79. The molecule has 1 aliphatic heterocycles. The van der Waals surface area contributed by atoms with Gasteiger partial charge in [-0.2, -0.15) is 0 Å². The fourth-order valence-electron chi connectivity index (χ4n) is 2.38. The summed E-state index contributed by atoms with van der Waals surface area (Å²) in [5.41, 5.74) is 6.04. The highest BCUT2D eigenvalue weighted by molar-refractivity contribution is 4.82. The van der Waals surface area contributed by atoms with Crippen molar-refractivity contribution in [2.24, 2.45) is 5.73 Å². The summed E-state index contributed by atoms with van der Waals surface area (Å²) in [6.07, 6.45) is 2.34. The fourth-order valence-corrected chi connectivity index (χ4v) is 2.38. The van der Waals surface area contributed by atoms with Crippen LogP contribution in [0.2, 0.25) is 0 Å². The first-order valence-corrected chi connectivity index (χ1v) is 5.85. The Balaban J connectivity index is 2.29. The molecule has 14 heavy (non-hydrogen) atoms. The van der Waals surface area contributed by atoms with Crippen LogP contribution in [0.4, 0.5) is 0 Å². The van der Waals surface area contributed by atoms with Gasteiger partial charge in [-0.25, -0.2) is 0 Å². The minimum Gasteiger partial charge on any atom is -0.327 e. The molecular weight excluding hydrogens is 174 g/mol. The van der Waals surface area contributed by atoms with E-state index in [2.05, 4.69) is 31.0 Å². The van der Waals surface area contributed by atoms with Crippen LogP contribution in [0.15, 0.2) is 0 Å². The molecule has 3 nitrogen and oxygen atoms in total. The van der Waals surface area contributed by atoms with E-state index in [9.17, 15) is 0 Å². The molecule has 0 spiro atoms. The van der Waals surface area contributed by atoms with Crippen LogP contribution in [-0.2, 0) is 0 Å². The van der Waals surface area contributed by atoms with Crippen molar-refractivity contribution in [1.29, 1.82) is 0 Å². The zero-order valence-electron chi connectivity index (χ0n) is 9.79. The third kappa shape index (κ3) is 3.95. The molecule has 0 radical (unpaired) electrons. The van der Waals surface area contributed by atoms with E-state index < -0.39 is 0 Å². The van der Waals surface area contributed by atoms with E-state index in [4.69, 9.17) is 5.73 Å². The average molecular weight is 199 g/mol. The Morgan fingerprint density at radius 1 is 1.36 bits per heavy atom. The van der Waals surface area contributed by atoms with Crippen molar-refractivity contribution in [1.82, 2.24) is 10.2 Å². The number of nitrogens with two attached hydrogens (primary N) is 1. The smallest absolute Gasteiger partial charge is 0.0169 e. The Hall–Kier alpha value is -0.120. The number of hydrogen-bond acceptors (Lipinski definition) is 3. The lowest BCUT2D eigenvalue weighted by atomic mass is 10.1. The Morgan fingerprint density at radius 3 is 2.43 bits per heavy atom. The Labute approximate surface area is 88.0 Å². The van der Waals surface area contributed by atoms with Crippen molar-refractivity contribution >= 4 is 0 Å². The number of rotatable bonds is 4. The molecule has 84 valence electrons. The van der Waals surface area contributed by atoms with Crippen molar-refractivity contribution < 1.29 is 0 Å². The minimum atomic E-state index is 0.359. The SMILES string of the molecule is CCCC(N)CN1CC(C)NC(C)C1. The van der Waals surface area contributed by atoms with E-state index in [0.29, 0.717) is 18.1 Å². The maximum atomic E-state index is 6.04. The van der Waals surface area contributed by atoms with Crippen LogP contribution >= 0.6 is 0 Å². The van der Waals surface area contributed by atoms with E-state index in [0.717, 1.165) is 26.1 Å². The van der Waals surface area contributed by atoms with Crippen molar-refractivity contribution in [3.8, 4) is 0 Å². The fraction of sp³-hybridized carbons (Fsp3) is 1.00. The van der Waals surface area contributed by atoms with E-state index in [-0.39, 0.29) is 0 Å². The van der Waals surface area contributed by atoms with Gasteiger partial charge in [-0.05, 0) is 20.3 Å². The third-order valence-corrected chi connectivity index (χ3v) is 2.79. The van der Waals surface area contributed by atoms with Gasteiger partial charge >= 0.3 is 0 Å². The molecule has 0 aromatic rings. The topological polar surface area (TPSA) is 41.3 Å². The summed E-state index contributed by atoms with van der Waals surface area (Å²) >= 11 is 0. The lowest BCUT2D eigenvalue weighted by Gasteiger charge is -2.37. The number of nitrogens with one attached hydrogen (secondary N) is 1. The van der Waals surface area contributed by atoms with Crippen LogP contribution in [0, 0.1) is 0 Å². The van der Waals surface area contributed by atoms with Gasteiger partial charge in [0, 0.05) is 37.8 Å². The van der Waals surface area contributed by atoms with Gasteiger partial charge in [-0.15, -0.1) is 0 Å². The highest BCUT2D eigenvalue weighted by Crippen LogP contribution is 2.05.